The van der Waals surface area contributed by atoms with Gasteiger partial charge in [0.1, 0.15) is 9.84 Å². The van der Waals surface area contributed by atoms with Gasteiger partial charge in [0.25, 0.3) is 0 Å². The summed E-state index contributed by atoms with van der Waals surface area (Å²) in [5.41, 5.74) is 5.36. The van der Waals surface area contributed by atoms with Gasteiger partial charge in [-0.25, -0.2) is 8.42 Å². The molecule has 0 heterocycles. The van der Waals surface area contributed by atoms with E-state index < -0.39 is 20.6 Å². The van der Waals surface area contributed by atoms with E-state index in [-0.39, 0.29) is 16.8 Å². The fourth-order valence-corrected chi connectivity index (χ4v) is 3.42. The van der Waals surface area contributed by atoms with Gasteiger partial charge in [-0.2, -0.15) is 0 Å². The van der Waals surface area contributed by atoms with E-state index in [0.29, 0.717) is 18.7 Å². The Kier molecular flexibility index (Phi) is 7.38. The molecule has 0 aliphatic rings. The first kappa shape index (κ1) is 15.1. The summed E-state index contributed by atoms with van der Waals surface area (Å²) in [4.78, 5) is 0. The first-order valence-electron chi connectivity index (χ1n) is 5.20. The lowest BCUT2D eigenvalue weighted by Crippen LogP contribution is -2.20. The van der Waals surface area contributed by atoms with Crippen LogP contribution in [0.2, 0.25) is 0 Å². The van der Waals surface area contributed by atoms with Crippen LogP contribution in [-0.4, -0.2) is 41.7 Å². The second-order valence-electron chi connectivity index (χ2n) is 3.56. The van der Waals surface area contributed by atoms with Crippen molar-refractivity contribution in [3.8, 4) is 0 Å². The topological polar surface area (TPSA) is 77.2 Å². The van der Waals surface area contributed by atoms with E-state index in [1.807, 2.05) is 6.92 Å². The van der Waals surface area contributed by atoms with Crippen molar-refractivity contribution in [1.82, 2.24) is 0 Å². The first-order valence-corrected chi connectivity index (χ1v) is 8.41. The van der Waals surface area contributed by atoms with Crippen molar-refractivity contribution in [2.24, 2.45) is 5.73 Å². The molecule has 2 unspecified atom stereocenters. The average molecular weight is 255 g/mol. The van der Waals surface area contributed by atoms with Crippen LogP contribution in [0.3, 0.4) is 0 Å². The number of rotatable bonds is 8. The second kappa shape index (κ2) is 7.35. The second-order valence-corrected chi connectivity index (χ2v) is 8.01. The van der Waals surface area contributed by atoms with Crippen molar-refractivity contribution in [2.75, 3.05) is 23.8 Å². The van der Waals surface area contributed by atoms with Gasteiger partial charge in [-0.3, -0.25) is 4.21 Å². The minimum absolute atomic E-state index is 0.0688. The molecule has 0 aromatic carbocycles. The lowest BCUT2D eigenvalue weighted by Gasteiger charge is -2.09. The number of sulfone groups is 1. The molecule has 0 aliphatic carbocycles. The highest BCUT2D eigenvalue weighted by atomic mass is 32.2. The normalized spacial score (nSPS) is 16.2. The van der Waals surface area contributed by atoms with Crippen LogP contribution in [0.25, 0.3) is 0 Å². The van der Waals surface area contributed by atoms with Crippen LogP contribution in [0.1, 0.15) is 26.7 Å². The molecular formula is C9H21NO3S2. The smallest absolute Gasteiger partial charge is 0.150 e. The summed E-state index contributed by atoms with van der Waals surface area (Å²) in [6, 6.07) is 0. The Labute approximate surface area is 95.0 Å². The number of nitrogens with two attached hydrogens (primary N) is 1. The van der Waals surface area contributed by atoms with Gasteiger partial charge in [0.05, 0.1) is 5.75 Å². The Morgan fingerprint density at radius 2 is 2.00 bits per heavy atom. The third kappa shape index (κ3) is 7.03. The zero-order valence-corrected chi connectivity index (χ0v) is 11.1. The molecule has 4 nitrogen and oxygen atoms in total. The molecule has 0 radical (unpaired) electrons. The SMILES string of the molecule is CCS(=O)(=O)CCCS(=O)C(C)CCN. The van der Waals surface area contributed by atoms with Gasteiger partial charge in [-0.1, -0.05) is 13.8 Å². The average Bonchev–Trinajstić information content (AvgIpc) is 2.18. The van der Waals surface area contributed by atoms with Gasteiger partial charge in [-0.15, -0.1) is 0 Å². The van der Waals surface area contributed by atoms with Gasteiger partial charge >= 0.3 is 0 Å². The molecule has 0 aliphatic heterocycles. The molecule has 0 bridgehead atoms. The summed E-state index contributed by atoms with van der Waals surface area (Å²) < 4.78 is 33.9. The maximum atomic E-state index is 11.6. The maximum absolute atomic E-state index is 11.6. The van der Waals surface area contributed by atoms with Gasteiger partial charge in [0.2, 0.25) is 0 Å². The minimum Gasteiger partial charge on any atom is -0.330 e. The third-order valence-corrected chi connectivity index (χ3v) is 5.88. The van der Waals surface area contributed by atoms with Crippen molar-refractivity contribution in [3.05, 3.63) is 0 Å². The predicted molar refractivity (Wildman–Crippen MR) is 65.1 cm³/mol. The Bertz CT molecular complexity index is 288. The van der Waals surface area contributed by atoms with E-state index in [4.69, 9.17) is 5.73 Å². The molecule has 0 aromatic rings. The molecule has 15 heavy (non-hydrogen) atoms. The van der Waals surface area contributed by atoms with E-state index in [1.165, 1.54) is 0 Å². The molecule has 0 saturated carbocycles. The molecule has 0 saturated heterocycles. The van der Waals surface area contributed by atoms with Gasteiger partial charge in [0, 0.05) is 27.6 Å². The van der Waals surface area contributed by atoms with Crippen LogP contribution in [0.5, 0.6) is 0 Å². The van der Waals surface area contributed by atoms with E-state index in [9.17, 15) is 12.6 Å². The molecule has 0 fully saturated rings. The van der Waals surface area contributed by atoms with Crippen LogP contribution in [-0.2, 0) is 20.6 Å². The summed E-state index contributed by atoms with van der Waals surface area (Å²) >= 11 is 0. The highest BCUT2D eigenvalue weighted by Crippen LogP contribution is 2.03. The maximum Gasteiger partial charge on any atom is 0.150 e. The van der Waals surface area contributed by atoms with E-state index in [0.717, 1.165) is 6.42 Å². The zero-order chi connectivity index (χ0) is 11.9. The summed E-state index contributed by atoms with van der Waals surface area (Å²) in [7, 11) is -3.86. The van der Waals surface area contributed by atoms with Crippen molar-refractivity contribution >= 4 is 20.6 Å². The Balaban J connectivity index is 3.82. The molecule has 0 spiro atoms. The number of hydrogen-bond donors (Lipinski definition) is 1. The standard InChI is InChI=1S/C9H21NO3S2/c1-3-15(12,13)8-4-7-14(11)9(2)5-6-10/h9H,3-8,10H2,1-2H3. The molecule has 2 N–H and O–H groups in total. The minimum atomic E-state index is -2.91. The summed E-state index contributed by atoms with van der Waals surface area (Å²) in [6.07, 6.45) is 1.21. The highest BCUT2D eigenvalue weighted by molar-refractivity contribution is 7.91. The van der Waals surface area contributed by atoms with Gasteiger partial charge < -0.3 is 5.73 Å². The zero-order valence-electron chi connectivity index (χ0n) is 9.44. The van der Waals surface area contributed by atoms with Crippen molar-refractivity contribution in [2.45, 2.75) is 31.9 Å². The predicted octanol–water partition coefficient (Wildman–Crippen LogP) is 0.297. The lowest BCUT2D eigenvalue weighted by atomic mass is 10.3. The highest BCUT2D eigenvalue weighted by Gasteiger charge is 2.12. The van der Waals surface area contributed by atoms with Crippen molar-refractivity contribution in [1.29, 1.82) is 0 Å². The fraction of sp³-hybridized carbons (Fsp3) is 1.00. The molecule has 0 aromatic heterocycles. The monoisotopic (exact) mass is 255 g/mol. The molecule has 6 heteroatoms. The fourth-order valence-electron chi connectivity index (χ4n) is 1.13. The Hall–Kier alpha value is 0.0600. The van der Waals surface area contributed by atoms with E-state index in [2.05, 4.69) is 0 Å². The van der Waals surface area contributed by atoms with Crippen LogP contribution < -0.4 is 5.73 Å². The molecule has 0 amide bonds. The summed E-state index contributed by atoms with van der Waals surface area (Å²) in [5, 5.41) is 0.0688. The van der Waals surface area contributed by atoms with Crippen molar-refractivity contribution in [3.63, 3.8) is 0 Å². The first-order chi connectivity index (χ1) is 6.93. The van der Waals surface area contributed by atoms with Crippen LogP contribution in [0.4, 0.5) is 0 Å². The summed E-state index contributed by atoms with van der Waals surface area (Å²) in [6.45, 7) is 4.04. The van der Waals surface area contributed by atoms with E-state index >= 15 is 0 Å². The number of hydrogen-bond acceptors (Lipinski definition) is 4. The molecular weight excluding hydrogens is 234 g/mol. The van der Waals surface area contributed by atoms with Crippen LogP contribution in [0, 0.1) is 0 Å². The molecule has 92 valence electrons. The lowest BCUT2D eigenvalue weighted by molar-refractivity contribution is 0.596. The quantitative estimate of drug-likeness (QED) is 0.676. The van der Waals surface area contributed by atoms with Crippen LogP contribution >= 0.6 is 0 Å². The van der Waals surface area contributed by atoms with Crippen LogP contribution in [0.15, 0.2) is 0 Å². The van der Waals surface area contributed by atoms with Gasteiger partial charge in [-0.05, 0) is 19.4 Å². The largest absolute Gasteiger partial charge is 0.330 e. The van der Waals surface area contributed by atoms with Crippen molar-refractivity contribution < 1.29 is 12.6 Å². The molecule has 0 rings (SSSR count). The Morgan fingerprint density at radius 1 is 1.40 bits per heavy atom. The molecule has 2 atom stereocenters. The third-order valence-electron chi connectivity index (χ3n) is 2.26. The Morgan fingerprint density at radius 3 is 2.47 bits per heavy atom. The summed E-state index contributed by atoms with van der Waals surface area (Å²) in [5.74, 6) is 0.767. The van der Waals surface area contributed by atoms with E-state index in [1.54, 1.807) is 6.92 Å². The van der Waals surface area contributed by atoms with Gasteiger partial charge in [0.15, 0.2) is 0 Å².